The number of nitrogens with zero attached hydrogens (tertiary/aromatic N) is 4. The van der Waals surface area contributed by atoms with Gasteiger partial charge in [0.25, 0.3) is 0 Å². The highest BCUT2D eigenvalue weighted by Gasteiger charge is 2.26. The zero-order chi connectivity index (χ0) is 35.0. The van der Waals surface area contributed by atoms with Crippen LogP contribution in [0.3, 0.4) is 0 Å². The number of piperidine rings is 1. The zero-order valence-corrected chi connectivity index (χ0v) is 29.8. The molecule has 0 bridgehead atoms. The molecule has 0 unspecified atom stereocenters. The zero-order valence-electron chi connectivity index (χ0n) is 29.8. The maximum absolute atomic E-state index is 5.62. The van der Waals surface area contributed by atoms with Crippen LogP contribution >= 0.6 is 0 Å². The summed E-state index contributed by atoms with van der Waals surface area (Å²) in [5.74, 6) is 3.50. The molecule has 0 N–H and O–H groups in total. The second-order valence-corrected chi connectivity index (χ2v) is 12.6. The minimum absolute atomic E-state index is 0.359. The standard InChI is InChI=1S/C41H46N4O5/c1-28-7-8-31(21-38(28)47-3)37-20-29(13-16-43-37)26-44-17-14-35(15-18-44)45(34-9-11-36(46-2)12-10-34)27-30-19-33(25-42-24-30)32-22-39(48-4)41(50-6)40(23-32)49-5/h7-13,16,19-25,35H,14-15,17-18,26-27H2,1-6H3. The Labute approximate surface area is 295 Å². The summed E-state index contributed by atoms with van der Waals surface area (Å²) in [5.41, 5.74) is 8.60. The summed E-state index contributed by atoms with van der Waals surface area (Å²) in [6.45, 7) is 5.65. The molecule has 0 saturated carbocycles. The van der Waals surface area contributed by atoms with Gasteiger partial charge in [0.2, 0.25) is 5.75 Å². The fraction of sp³-hybridized carbons (Fsp3) is 0.317. The predicted molar refractivity (Wildman–Crippen MR) is 198 cm³/mol. The lowest BCUT2D eigenvalue weighted by atomic mass is 9.99. The van der Waals surface area contributed by atoms with Crippen molar-refractivity contribution in [1.29, 1.82) is 0 Å². The molecule has 9 nitrogen and oxygen atoms in total. The molecule has 0 spiro atoms. The molecular weight excluding hydrogens is 628 g/mol. The second kappa shape index (κ2) is 16.0. The van der Waals surface area contributed by atoms with Crippen molar-refractivity contribution in [3.05, 3.63) is 108 Å². The Hall–Kier alpha value is -5.28. The SMILES string of the molecule is COc1ccc(N(Cc2cncc(-c3cc(OC)c(OC)c(OC)c3)c2)C2CCN(Cc3ccnc(-c4ccc(C)c(OC)c4)c3)CC2)cc1. The van der Waals surface area contributed by atoms with Crippen molar-refractivity contribution in [2.45, 2.75) is 38.9 Å². The summed E-state index contributed by atoms with van der Waals surface area (Å²) in [7, 11) is 8.28. The quantitative estimate of drug-likeness (QED) is 0.124. The lowest BCUT2D eigenvalue weighted by Crippen LogP contribution is -2.44. The molecule has 6 rings (SSSR count). The van der Waals surface area contributed by atoms with Gasteiger partial charge in [-0.1, -0.05) is 12.1 Å². The fourth-order valence-corrected chi connectivity index (χ4v) is 6.74. The maximum atomic E-state index is 5.62. The highest BCUT2D eigenvalue weighted by atomic mass is 16.5. The van der Waals surface area contributed by atoms with E-state index in [-0.39, 0.29) is 0 Å². The minimum atomic E-state index is 0.359. The first kappa shape index (κ1) is 34.6. The largest absolute Gasteiger partial charge is 0.497 e. The number of aryl methyl sites for hydroxylation is 1. The molecule has 50 heavy (non-hydrogen) atoms. The summed E-state index contributed by atoms with van der Waals surface area (Å²) in [5, 5.41) is 0. The monoisotopic (exact) mass is 674 g/mol. The third-order valence-corrected chi connectivity index (χ3v) is 9.48. The summed E-state index contributed by atoms with van der Waals surface area (Å²) < 4.78 is 27.8. The summed E-state index contributed by atoms with van der Waals surface area (Å²) in [6, 6.07) is 25.4. The number of hydrogen-bond donors (Lipinski definition) is 0. The Morgan fingerprint density at radius 1 is 0.680 bits per heavy atom. The van der Waals surface area contributed by atoms with E-state index in [0.29, 0.717) is 23.3 Å². The molecular formula is C41H46N4O5. The van der Waals surface area contributed by atoms with Crippen molar-refractivity contribution in [3.8, 4) is 51.1 Å². The first-order valence-electron chi connectivity index (χ1n) is 16.9. The number of benzene rings is 3. The topological polar surface area (TPSA) is 78.4 Å². The van der Waals surface area contributed by atoms with E-state index >= 15 is 0 Å². The molecule has 0 radical (unpaired) electrons. The molecule has 9 heteroatoms. The van der Waals surface area contributed by atoms with Crippen molar-refractivity contribution in [1.82, 2.24) is 14.9 Å². The van der Waals surface area contributed by atoms with Gasteiger partial charge in [0.15, 0.2) is 11.5 Å². The van der Waals surface area contributed by atoms with E-state index in [1.807, 2.05) is 42.9 Å². The predicted octanol–water partition coefficient (Wildman–Crippen LogP) is 7.83. The Bertz CT molecular complexity index is 1860. The van der Waals surface area contributed by atoms with Crippen molar-refractivity contribution in [2.75, 3.05) is 53.5 Å². The molecule has 5 aromatic rings. The van der Waals surface area contributed by atoms with Crippen LogP contribution in [0.4, 0.5) is 5.69 Å². The Morgan fingerprint density at radius 2 is 1.38 bits per heavy atom. The first-order valence-corrected chi connectivity index (χ1v) is 16.9. The van der Waals surface area contributed by atoms with Gasteiger partial charge in [0.05, 0.1) is 41.2 Å². The Morgan fingerprint density at radius 3 is 2.04 bits per heavy atom. The number of aromatic nitrogens is 2. The summed E-state index contributed by atoms with van der Waals surface area (Å²) in [4.78, 5) is 14.4. The second-order valence-electron chi connectivity index (χ2n) is 12.6. The van der Waals surface area contributed by atoms with Crippen LogP contribution in [0.15, 0.2) is 91.4 Å². The number of rotatable bonds is 13. The molecule has 1 fully saturated rings. The lowest BCUT2D eigenvalue weighted by molar-refractivity contribution is 0.201. The number of ether oxygens (including phenoxy) is 5. The van der Waals surface area contributed by atoms with E-state index in [1.165, 1.54) is 5.56 Å². The van der Waals surface area contributed by atoms with Crippen molar-refractivity contribution >= 4 is 5.69 Å². The van der Waals surface area contributed by atoms with Gasteiger partial charge < -0.3 is 28.6 Å². The van der Waals surface area contributed by atoms with Gasteiger partial charge in [-0.3, -0.25) is 14.9 Å². The van der Waals surface area contributed by atoms with Crippen LogP contribution in [-0.2, 0) is 13.1 Å². The number of hydrogen-bond acceptors (Lipinski definition) is 9. The van der Waals surface area contributed by atoms with Crippen molar-refractivity contribution in [3.63, 3.8) is 0 Å². The van der Waals surface area contributed by atoms with E-state index in [4.69, 9.17) is 23.7 Å². The van der Waals surface area contributed by atoms with Gasteiger partial charge in [-0.05, 0) is 103 Å². The number of methoxy groups -OCH3 is 5. The molecule has 0 atom stereocenters. The third-order valence-electron chi connectivity index (χ3n) is 9.48. The number of pyridine rings is 2. The van der Waals surface area contributed by atoms with E-state index in [2.05, 4.69) is 75.2 Å². The maximum Gasteiger partial charge on any atom is 0.203 e. The normalized spacial score (nSPS) is 13.5. The molecule has 1 aliphatic heterocycles. The lowest BCUT2D eigenvalue weighted by Gasteiger charge is -2.40. The Kier molecular flexibility index (Phi) is 11.0. The molecule has 0 aliphatic carbocycles. The van der Waals surface area contributed by atoms with Crippen LogP contribution in [0.25, 0.3) is 22.4 Å². The van der Waals surface area contributed by atoms with Crippen LogP contribution in [-0.4, -0.2) is 69.5 Å². The Balaban J connectivity index is 1.19. The van der Waals surface area contributed by atoms with E-state index in [1.54, 1.807) is 35.5 Å². The summed E-state index contributed by atoms with van der Waals surface area (Å²) >= 11 is 0. The van der Waals surface area contributed by atoms with Gasteiger partial charge in [0.1, 0.15) is 11.5 Å². The van der Waals surface area contributed by atoms with Crippen LogP contribution in [0.2, 0.25) is 0 Å². The van der Waals surface area contributed by atoms with E-state index in [9.17, 15) is 0 Å². The summed E-state index contributed by atoms with van der Waals surface area (Å²) in [6.07, 6.45) is 7.83. The van der Waals surface area contributed by atoms with Gasteiger partial charge in [-0.25, -0.2) is 0 Å². The average molecular weight is 675 g/mol. The van der Waals surface area contributed by atoms with Gasteiger partial charge in [0, 0.05) is 67.6 Å². The number of likely N-dealkylation sites (tertiary alicyclic amines) is 1. The van der Waals surface area contributed by atoms with Crippen molar-refractivity contribution < 1.29 is 23.7 Å². The van der Waals surface area contributed by atoms with Crippen LogP contribution in [0, 0.1) is 6.92 Å². The van der Waals surface area contributed by atoms with Gasteiger partial charge >= 0.3 is 0 Å². The third kappa shape index (κ3) is 7.79. The number of anilines is 1. The molecule has 2 aromatic heterocycles. The molecule has 3 heterocycles. The molecule has 260 valence electrons. The van der Waals surface area contributed by atoms with Crippen LogP contribution < -0.4 is 28.6 Å². The van der Waals surface area contributed by atoms with E-state index < -0.39 is 0 Å². The van der Waals surface area contributed by atoms with Crippen LogP contribution in [0.1, 0.15) is 29.5 Å². The smallest absolute Gasteiger partial charge is 0.203 e. The molecule has 3 aromatic carbocycles. The van der Waals surface area contributed by atoms with Crippen molar-refractivity contribution in [2.24, 2.45) is 0 Å². The first-order chi connectivity index (χ1) is 24.4. The molecule has 1 saturated heterocycles. The molecule has 0 amide bonds. The highest BCUT2D eigenvalue weighted by Crippen LogP contribution is 2.41. The van der Waals surface area contributed by atoms with Gasteiger partial charge in [-0.15, -0.1) is 0 Å². The van der Waals surface area contributed by atoms with Gasteiger partial charge in [-0.2, -0.15) is 0 Å². The minimum Gasteiger partial charge on any atom is -0.497 e. The fourth-order valence-electron chi connectivity index (χ4n) is 6.74. The molecule has 1 aliphatic rings. The van der Waals surface area contributed by atoms with Crippen LogP contribution in [0.5, 0.6) is 28.7 Å². The highest BCUT2D eigenvalue weighted by molar-refractivity contribution is 5.71. The van der Waals surface area contributed by atoms with E-state index in [0.717, 1.165) is 89.7 Å². The average Bonchev–Trinajstić information content (AvgIpc) is 3.17.